The van der Waals surface area contributed by atoms with Gasteiger partial charge in [-0.15, -0.1) is 0 Å². The second kappa shape index (κ2) is 13.4. The first kappa shape index (κ1) is 31.3. The van der Waals surface area contributed by atoms with Crippen molar-refractivity contribution in [1.82, 2.24) is 5.32 Å². The van der Waals surface area contributed by atoms with E-state index in [-0.39, 0.29) is 11.5 Å². The fraction of sp³-hybridized carbons (Fsp3) is 0.394. The lowest BCUT2D eigenvalue weighted by Crippen LogP contribution is -2.53. The zero-order valence-corrected chi connectivity index (χ0v) is 25.3. The number of aliphatic carboxylic acids is 2. The summed E-state index contributed by atoms with van der Waals surface area (Å²) < 4.78 is 6.24. The summed E-state index contributed by atoms with van der Waals surface area (Å²) in [5, 5.41) is 24.0. The Morgan fingerprint density at radius 2 is 1.20 bits per heavy atom. The Hall–Kier alpha value is -3.26. The van der Waals surface area contributed by atoms with Crippen molar-refractivity contribution in [1.29, 1.82) is 0 Å². The molecule has 6 nitrogen and oxygen atoms in total. The van der Waals surface area contributed by atoms with Crippen LogP contribution in [-0.2, 0) is 19.6 Å². The highest BCUT2D eigenvalue weighted by Crippen LogP contribution is 2.38. The van der Waals surface area contributed by atoms with Gasteiger partial charge in [-0.1, -0.05) is 112 Å². The average molecular weight is 562 g/mol. The summed E-state index contributed by atoms with van der Waals surface area (Å²) in [6.45, 7) is 11.3. The molecule has 2 atom stereocenters. The fourth-order valence-corrected chi connectivity index (χ4v) is 5.89. The van der Waals surface area contributed by atoms with Crippen molar-refractivity contribution in [3.8, 4) is 0 Å². The Kier molecular flexibility index (Phi) is 10.5. The first-order valence-electron chi connectivity index (χ1n) is 13.9. The maximum Gasteiger partial charge on any atom is 0.320 e. The van der Waals surface area contributed by atoms with Crippen molar-refractivity contribution in [3.05, 3.63) is 108 Å². The van der Waals surface area contributed by atoms with Crippen LogP contribution < -0.4 is 5.32 Å². The average Bonchev–Trinajstić information content (AvgIpc) is 2.93. The van der Waals surface area contributed by atoms with Gasteiger partial charge in [-0.2, -0.15) is 0 Å². The third kappa shape index (κ3) is 7.47. The van der Waals surface area contributed by atoms with Crippen LogP contribution in [0.1, 0.15) is 56.7 Å². The summed E-state index contributed by atoms with van der Waals surface area (Å²) in [7, 11) is -1.95. The predicted molar refractivity (Wildman–Crippen MR) is 162 cm³/mol. The van der Waals surface area contributed by atoms with E-state index in [2.05, 4.69) is 39.2 Å². The van der Waals surface area contributed by atoms with E-state index in [0.29, 0.717) is 19.4 Å². The van der Waals surface area contributed by atoms with E-state index < -0.39 is 37.8 Å². The van der Waals surface area contributed by atoms with Gasteiger partial charge in [-0.25, -0.2) is 0 Å². The van der Waals surface area contributed by atoms with Crippen LogP contribution in [0.15, 0.2) is 91.0 Å². The van der Waals surface area contributed by atoms with Gasteiger partial charge in [0, 0.05) is 6.61 Å². The van der Waals surface area contributed by atoms with Gasteiger partial charge in [-0.3, -0.25) is 14.9 Å². The van der Waals surface area contributed by atoms with Gasteiger partial charge in [-0.05, 0) is 54.1 Å². The van der Waals surface area contributed by atoms with Crippen molar-refractivity contribution in [2.75, 3.05) is 6.61 Å². The molecule has 0 aliphatic carbocycles. The Morgan fingerprint density at radius 1 is 0.775 bits per heavy atom. The lowest BCUT2D eigenvalue weighted by molar-refractivity contribution is -0.144. The molecule has 214 valence electrons. The zero-order valence-electron chi connectivity index (χ0n) is 24.3. The first-order valence-corrected chi connectivity index (χ1v) is 16.8. The molecule has 0 heterocycles. The van der Waals surface area contributed by atoms with Crippen LogP contribution in [0.3, 0.4) is 0 Å². The van der Waals surface area contributed by atoms with Crippen LogP contribution in [0.4, 0.5) is 0 Å². The van der Waals surface area contributed by atoms with E-state index in [1.54, 1.807) is 0 Å². The number of carbonyl (C=O) groups is 2. The molecule has 7 heteroatoms. The van der Waals surface area contributed by atoms with Gasteiger partial charge in [0.05, 0.1) is 11.5 Å². The topological polar surface area (TPSA) is 95.9 Å². The summed E-state index contributed by atoms with van der Waals surface area (Å²) >= 11 is 0. The van der Waals surface area contributed by atoms with Crippen LogP contribution in [0.5, 0.6) is 0 Å². The molecule has 0 spiro atoms. The number of hydrogen-bond donors (Lipinski definition) is 3. The highest BCUT2D eigenvalue weighted by atomic mass is 28.4. The van der Waals surface area contributed by atoms with E-state index in [1.807, 2.05) is 91.0 Å². The standard InChI is InChI=1S/C33H43NO5Si/c1-32(2,3)40(4,5)39-23-15-16-25(30(35)36)24-29(31(37)38)34-33(26-17-9-6-10-18-26,27-19-11-7-12-20-27)28-21-13-8-14-22-28/h6-14,17-22,25,29,34H,15-16,23-24H2,1-5H3,(H,35,36)(H,37,38)/t25-,29+/m0/s1. The second-order valence-electron chi connectivity index (χ2n) is 11.9. The summed E-state index contributed by atoms with van der Waals surface area (Å²) in [6, 6.07) is 28.0. The summed E-state index contributed by atoms with van der Waals surface area (Å²) in [6.07, 6.45) is 0.834. The maximum atomic E-state index is 12.7. The van der Waals surface area contributed by atoms with E-state index in [0.717, 1.165) is 16.7 Å². The zero-order chi connectivity index (χ0) is 29.4. The molecule has 0 aromatic heterocycles. The normalized spacial score (nSPS) is 13.9. The third-order valence-electron chi connectivity index (χ3n) is 8.14. The lowest BCUT2D eigenvalue weighted by Gasteiger charge is -2.39. The molecule has 0 amide bonds. The lowest BCUT2D eigenvalue weighted by atomic mass is 9.76. The number of carboxylic acids is 2. The molecule has 3 aromatic rings. The highest BCUT2D eigenvalue weighted by Gasteiger charge is 2.41. The first-order chi connectivity index (χ1) is 18.9. The van der Waals surface area contributed by atoms with Crippen molar-refractivity contribution in [3.63, 3.8) is 0 Å². The molecule has 0 fully saturated rings. The molecule has 0 radical (unpaired) electrons. The monoisotopic (exact) mass is 561 g/mol. The molecule has 3 aromatic carbocycles. The largest absolute Gasteiger partial charge is 0.481 e. The molecule has 40 heavy (non-hydrogen) atoms. The minimum absolute atomic E-state index is 0.0565. The Bertz CT molecular complexity index is 1130. The smallest absolute Gasteiger partial charge is 0.320 e. The Morgan fingerprint density at radius 3 is 1.55 bits per heavy atom. The van der Waals surface area contributed by atoms with Crippen LogP contribution in [0.25, 0.3) is 0 Å². The van der Waals surface area contributed by atoms with Crippen molar-refractivity contribution < 1.29 is 24.2 Å². The quantitative estimate of drug-likeness (QED) is 0.112. The molecule has 3 rings (SSSR count). The minimum atomic E-state index is -1.95. The van der Waals surface area contributed by atoms with Crippen LogP contribution >= 0.6 is 0 Å². The van der Waals surface area contributed by atoms with Gasteiger partial charge in [0.2, 0.25) is 0 Å². The molecular weight excluding hydrogens is 518 g/mol. The number of hydrogen-bond acceptors (Lipinski definition) is 4. The Labute approximate surface area is 239 Å². The molecule has 0 unspecified atom stereocenters. The van der Waals surface area contributed by atoms with Gasteiger partial charge < -0.3 is 14.6 Å². The number of nitrogens with one attached hydrogen (secondary N) is 1. The molecule has 0 saturated carbocycles. The molecule has 0 aliphatic heterocycles. The van der Waals surface area contributed by atoms with Gasteiger partial charge in [0.25, 0.3) is 0 Å². The summed E-state index contributed by atoms with van der Waals surface area (Å²) in [5.41, 5.74) is 1.59. The molecule has 3 N–H and O–H groups in total. The summed E-state index contributed by atoms with van der Waals surface area (Å²) in [5.74, 6) is -2.92. The number of carboxylic acid groups (broad SMARTS) is 2. The SMILES string of the molecule is CC(C)(C)[Si](C)(C)OCCC[C@@H](C[C@@H](NC(c1ccccc1)(c1ccccc1)c1ccccc1)C(=O)O)C(=O)O. The molecular formula is C33H43NO5Si. The predicted octanol–water partition coefficient (Wildman–Crippen LogP) is 6.91. The van der Waals surface area contributed by atoms with Crippen molar-refractivity contribution in [2.24, 2.45) is 5.92 Å². The van der Waals surface area contributed by atoms with Crippen LogP contribution in [0, 0.1) is 5.92 Å². The third-order valence-corrected chi connectivity index (χ3v) is 12.7. The molecule has 0 bridgehead atoms. The Balaban J connectivity index is 1.94. The van der Waals surface area contributed by atoms with Gasteiger partial charge in [0.15, 0.2) is 8.32 Å². The molecule has 0 aliphatic rings. The van der Waals surface area contributed by atoms with E-state index >= 15 is 0 Å². The maximum absolute atomic E-state index is 12.7. The van der Waals surface area contributed by atoms with Crippen molar-refractivity contribution in [2.45, 2.75) is 69.7 Å². The molecule has 0 saturated heterocycles. The number of rotatable bonds is 14. The minimum Gasteiger partial charge on any atom is -0.481 e. The second-order valence-corrected chi connectivity index (χ2v) is 16.7. The van der Waals surface area contributed by atoms with Crippen molar-refractivity contribution >= 4 is 20.3 Å². The van der Waals surface area contributed by atoms with Crippen LogP contribution in [-0.4, -0.2) is 43.1 Å². The summed E-state index contributed by atoms with van der Waals surface area (Å²) in [4.78, 5) is 25.1. The van der Waals surface area contributed by atoms with Crippen LogP contribution in [0.2, 0.25) is 18.1 Å². The van der Waals surface area contributed by atoms with E-state index in [1.165, 1.54) is 0 Å². The highest BCUT2D eigenvalue weighted by molar-refractivity contribution is 6.74. The number of benzene rings is 3. The van der Waals surface area contributed by atoms with Gasteiger partial charge in [0.1, 0.15) is 6.04 Å². The van der Waals surface area contributed by atoms with Gasteiger partial charge >= 0.3 is 11.9 Å². The van der Waals surface area contributed by atoms with E-state index in [4.69, 9.17) is 4.43 Å². The van der Waals surface area contributed by atoms with E-state index in [9.17, 15) is 19.8 Å². The fourth-order valence-electron chi connectivity index (χ4n) is 4.80.